The number of amides is 1. The molecule has 0 aliphatic carbocycles. The van der Waals surface area contributed by atoms with Crippen LogP contribution in [0.25, 0.3) is 10.8 Å². The summed E-state index contributed by atoms with van der Waals surface area (Å²) in [4.78, 5) is 22.7. The van der Waals surface area contributed by atoms with Gasteiger partial charge in [-0.15, -0.1) is 0 Å². The quantitative estimate of drug-likeness (QED) is 0.198. The third-order valence-electron chi connectivity index (χ3n) is 5.45. The highest BCUT2D eigenvalue weighted by atomic mass is 32.5. The van der Waals surface area contributed by atoms with Crippen molar-refractivity contribution in [2.75, 3.05) is 24.3 Å². The van der Waals surface area contributed by atoms with E-state index < -0.39 is 56.3 Å². The van der Waals surface area contributed by atoms with E-state index in [1.165, 1.54) is 26.1 Å². The summed E-state index contributed by atoms with van der Waals surface area (Å²) in [5.41, 5.74) is 4.67. The number of anilines is 2. The molecule has 0 spiro atoms. The Kier molecular flexibility index (Phi) is 7.12. The molecule has 14 heteroatoms. The first-order chi connectivity index (χ1) is 17.4. The van der Waals surface area contributed by atoms with Gasteiger partial charge in [-0.05, 0) is 38.1 Å². The van der Waals surface area contributed by atoms with Crippen molar-refractivity contribution in [1.29, 1.82) is 0 Å². The maximum atomic E-state index is 15.3. The molecule has 0 aliphatic heterocycles. The summed E-state index contributed by atoms with van der Waals surface area (Å²) in [5, 5.41) is 2.21. The molecular weight excluding hydrogens is 540 g/mol. The number of aromatic nitrogens is 1. The molecule has 3 rings (SSSR count). The van der Waals surface area contributed by atoms with Gasteiger partial charge in [0.2, 0.25) is 5.91 Å². The predicted molar refractivity (Wildman–Crippen MR) is 134 cm³/mol. The number of hydrogen-bond acceptors (Lipinski definition) is 5. The van der Waals surface area contributed by atoms with E-state index in [4.69, 9.17) is 15.2 Å². The van der Waals surface area contributed by atoms with Crippen molar-refractivity contribution >= 4 is 44.2 Å². The minimum atomic E-state index is -10.2. The Bertz CT molecular complexity index is 1420. The fourth-order valence-electron chi connectivity index (χ4n) is 3.63. The van der Waals surface area contributed by atoms with Crippen LogP contribution in [0.4, 0.5) is 35.3 Å². The molecule has 3 aromatic rings. The second kappa shape index (κ2) is 9.33. The SMILES string of the molecule is CCOc1cc2cn(CC(=O)c3cc(NC(=O)C(C)C)cc(S(F)(F)(F)(F)F)c3)c(N)c2c(F)c1OCC. The summed E-state index contributed by atoms with van der Waals surface area (Å²) in [6.07, 6.45) is 1.28. The van der Waals surface area contributed by atoms with Crippen molar-refractivity contribution in [2.24, 2.45) is 5.92 Å². The van der Waals surface area contributed by atoms with Crippen LogP contribution >= 0.6 is 10.2 Å². The standard InChI is InChI=1S/C24H27F6N3O4S/c1-5-36-19-9-15-11-33(23(31)20(15)21(25)22(19)37-6-2)12-18(34)14-7-16(32-24(35)13(3)4)10-17(8-14)38(26,27,28,29)30/h7-11,13H,5-6,12,31H2,1-4H3,(H,32,35). The second-order valence-electron chi connectivity index (χ2n) is 8.77. The van der Waals surface area contributed by atoms with Crippen molar-refractivity contribution in [3.05, 3.63) is 41.8 Å². The van der Waals surface area contributed by atoms with Crippen LogP contribution in [0.5, 0.6) is 11.5 Å². The number of Topliss-reactive ketones (excluding diaryl/α,β-unsaturated/α-hetero) is 1. The van der Waals surface area contributed by atoms with E-state index in [1.807, 2.05) is 0 Å². The summed E-state index contributed by atoms with van der Waals surface area (Å²) >= 11 is 0. The average molecular weight is 568 g/mol. The summed E-state index contributed by atoms with van der Waals surface area (Å²) < 4.78 is 95.2. The topological polar surface area (TPSA) is 95.6 Å². The van der Waals surface area contributed by atoms with Crippen molar-refractivity contribution in [1.82, 2.24) is 4.57 Å². The molecule has 0 unspecified atom stereocenters. The predicted octanol–water partition coefficient (Wildman–Crippen LogP) is 7.29. The molecule has 0 saturated heterocycles. The van der Waals surface area contributed by atoms with E-state index in [1.54, 1.807) is 13.8 Å². The lowest BCUT2D eigenvalue weighted by atomic mass is 10.1. The van der Waals surface area contributed by atoms with Gasteiger partial charge in [-0.2, -0.15) is 0 Å². The van der Waals surface area contributed by atoms with Crippen molar-refractivity contribution in [2.45, 2.75) is 39.1 Å². The number of nitrogen functional groups attached to an aromatic ring is 1. The molecule has 1 amide bonds. The number of nitrogens with one attached hydrogen (secondary N) is 1. The van der Waals surface area contributed by atoms with Crippen molar-refractivity contribution in [3.63, 3.8) is 0 Å². The van der Waals surface area contributed by atoms with Crippen LogP contribution in [-0.2, 0) is 11.3 Å². The molecule has 1 heterocycles. The maximum Gasteiger partial charge on any atom is 0.310 e. The highest BCUT2D eigenvalue weighted by Gasteiger charge is 2.65. The highest BCUT2D eigenvalue weighted by molar-refractivity contribution is 8.45. The highest BCUT2D eigenvalue weighted by Crippen LogP contribution is 3.02. The van der Waals surface area contributed by atoms with Gasteiger partial charge in [0.15, 0.2) is 23.1 Å². The monoisotopic (exact) mass is 567 g/mol. The largest absolute Gasteiger partial charge is 0.490 e. The van der Waals surface area contributed by atoms with Gasteiger partial charge < -0.3 is 25.1 Å². The number of nitrogens with zero attached hydrogens (tertiary/aromatic N) is 1. The summed E-state index contributed by atoms with van der Waals surface area (Å²) in [7, 11) is -10.2. The number of ketones is 1. The molecule has 3 N–H and O–H groups in total. The smallest absolute Gasteiger partial charge is 0.310 e. The van der Waals surface area contributed by atoms with E-state index in [-0.39, 0.29) is 53.4 Å². The molecule has 38 heavy (non-hydrogen) atoms. The fraction of sp³-hybridized carbons (Fsp3) is 0.333. The van der Waals surface area contributed by atoms with Gasteiger partial charge in [-0.3, -0.25) is 9.59 Å². The Balaban J connectivity index is 2.09. The number of carbonyl (C=O) groups is 2. The summed E-state index contributed by atoms with van der Waals surface area (Å²) in [5.74, 6) is -3.69. The van der Waals surface area contributed by atoms with Crippen LogP contribution in [-0.4, -0.2) is 29.5 Å². The minimum Gasteiger partial charge on any atom is -0.490 e. The molecule has 0 atom stereocenters. The molecule has 0 bridgehead atoms. The number of halogens is 6. The van der Waals surface area contributed by atoms with Crippen LogP contribution in [0.15, 0.2) is 35.4 Å². The van der Waals surface area contributed by atoms with Crippen LogP contribution in [0.3, 0.4) is 0 Å². The molecule has 0 fully saturated rings. The average Bonchev–Trinajstić information content (AvgIpc) is 3.09. The Morgan fingerprint density at radius 2 is 1.66 bits per heavy atom. The molecule has 0 radical (unpaired) electrons. The maximum absolute atomic E-state index is 15.3. The number of fused-ring (bicyclic) bond motifs is 1. The van der Waals surface area contributed by atoms with E-state index in [9.17, 15) is 29.0 Å². The van der Waals surface area contributed by atoms with Crippen LogP contribution < -0.4 is 20.5 Å². The number of benzene rings is 2. The molecule has 0 saturated carbocycles. The zero-order valence-electron chi connectivity index (χ0n) is 20.9. The summed E-state index contributed by atoms with van der Waals surface area (Å²) in [6.45, 7) is 5.79. The van der Waals surface area contributed by atoms with Gasteiger partial charge in [-0.1, -0.05) is 33.3 Å². The molecule has 210 valence electrons. The van der Waals surface area contributed by atoms with Gasteiger partial charge in [-0.25, -0.2) is 4.39 Å². The summed E-state index contributed by atoms with van der Waals surface area (Å²) in [6, 6.07) is 2.39. The zero-order chi connectivity index (χ0) is 28.7. The molecule has 1 aromatic heterocycles. The molecular formula is C24H27F6N3O4S. The van der Waals surface area contributed by atoms with E-state index in [2.05, 4.69) is 5.32 Å². The third-order valence-corrected chi connectivity index (χ3v) is 6.57. The lowest BCUT2D eigenvalue weighted by Crippen LogP contribution is -2.19. The number of rotatable bonds is 10. The molecule has 0 aliphatic rings. The van der Waals surface area contributed by atoms with Crippen molar-refractivity contribution in [3.8, 4) is 11.5 Å². The fourth-order valence-corrected chi connectivity index (χ4v) is 4.33. The normalized spacial score (nSPS) is 13.8. The first-order valence-corrected chi connectivity index (χ1v) is 13.4. The lowest BCUT2D eigenvalue weighted by molar-refractivity contribution is -0.118. The Hall–Kier alpha value is -3.55. The van der Waals surface area contributed by atoms with Crippen LogP contribution in [0.2, 0.25) is 0 Å². The van der Waals surface area contributed by atoms with Crippen molar-refractivity contribution < 1.29 is 42.9 Å². The minimum absolute atomic E-state index is 0.0231. The number of carbonyl (C=O) groups excluding carboxylic acids is 2. The van der Waals surface area contributed by atoms with Gasteiger partial charge in [0, 0.05) is 28.8 Å². The lowest BCUT2D eigenvalue weighted by Gasteiger charge is -2.40. The zero-order valence-corrected chi connectivity index (χ0v) is 21.7. The number of ether oxygens (including phenoxy) is 2. The van der Waals surface area contributed by atoms with Gasteiger partial charge in [0.1, 0.15) is 10.7 Å². The van der Waals surface area contributed by atoms with Crippen LogP contribution in [0.1, 0.15) is 38.1 Å². The third kappa shape index (κ3) is 6.11. The Labute approximate surface area is 214 Å². The van der Waals surface area contributed by atoms with E-state index in [0.717, 1.165) is 10.6 Å². The molecule has 7 nitrogen and oxygen atoms in total. The Morgan fingerprint density at radius 1 is 1.03 bits per heavy atom. The number of nitrogens with two attached hydrogens (primary N) is 1. The van der Waals surface area contributed by atoms with E-state index in [0.29, 0.717) is 0 Å². The first-order valence-electron chi connectivity index (χ1n) is 11.5. The number of hydrogen-bond donors (Lipinski definition) is 2. The first kappa shape index (κ1) is 29.0. The Morgan fingerprint density at radius 3 is 2.21 bits per heavy atom. The van der Waals surface area contributed by atoms with Crippen LogP contribution in [0, 0.1) is 11.7 Å². The molecule has 2 aromatic carbocycles. The van der Waals surface area contributed by atoms with Gasteiger partial charge in [0.05, 0.1) is 25.1 Å². The van der Waals surface area contributed by atoms with E-state index >= 15 is 4.39 Å². The van der Waals surface area contributed by atoms with Gasteiger partial charge in [0.25, 0.3) is 0 Å². The van der Waals surface area contributed by atoms with Gasteiger partial charge >= 0.3 is 10.2 Å². The second-order valence-corrected chi connectivity index (χ2v) is 11.2.